The molecule has 0 saturated heterocycles. The lowest BCUT2D eigenvalue weighted by atomic mass is 9.98. The zero-order chi connectivity index (χ0) is 13.2. The van der Waals surface area contributed by atoms with Crippen molar-refractivity contribution in [3.8, 4) is 11.4 Å². The van der Waals surface area contributed by atoms with Gasteiger partial charge in [-0.05, 0) is 6.42 Å². The fourth-order valence-corrected chi connectivity index (χ4v) is 2.38. The third kappa shape index (κ3) is 2.23. The summed E-state index contributed by atoms with van der Waals surface area (Å²) < 4.78 is 6.69. The molecule has 0 radical (unpaired) electrons. The Labute approximate surface area is 111 Å². The summed E-state index contributed by atoms with van der Waals surface area (Å²) in [6, 6.07) is 9.87. The van der Waals surface area contributed by atoms with Crippen molar-refractivity contribution in [1.29, 1.82) is 0 Å². The molecular formula is C14H15N3O2. The first kappa shape index (κ1) is 11.9. The van der Waals surface area contributed by atoms with Crippen LogP contribution in [0.4, 0.5) is 0 Å². The first-order valence-electron chi connectivity index (χ1n) is 6.35. The number of aromatic nitrogens is 3. The lowest BCUT2D eigenvalue weighted by Gasteiger charge is -2.19. The van der Waals surface area contributed by atoms with Crippen molar-refractivity contribution in [2.24, 2.45) is 5.92 Å². The Morgan fingerprint density at radius 2 is 2.16 bits per heavy atom. The Balaban J connectivity index is 1.87. The molecule has 1 atom stereocenters. The van der Waals surface area contributed by atoms with Gasteiger partial charge in [-0.1, -0.05) is 30.3 Å². The molecule has 1 aliphatic rings. The molecule has 0 saturated carbocycles. The second kappa shape index (κ2) is 4.84. The Morgan fingerprint density at radius 3 is 2.89 bits per heavy atom. The minimum absolute atomic E-state index is 0.0923. The van der Waals surface area contributed by atoms with Gasteiger partial charge in [0.1, 0.15) is 5.82 Å². The molecule has 0 aliphatic carbocycles. The molecule has 5 nitrogen and oxygen atoms in total. The summed E-state index contributed by atoms with van der Waals surface area (Å²) in [5, 5.41) is 4.49. The van der Waals surface area contributed by atoms with Gasteiger partial charge in [0.15, 0.2) is 5.82 Å². The highest BCUT2D eigenvalue weighted by Gasteiger charge is 2.27. The van der Waals surface area contributed by atoms with Gasteiger partial charge in [0.2, 0.25) is 0 Å². The van der Waals surface area contributed by atoms with Gasteiger partial charge in [0.25, 0.3) is 0 Å². The third-order valence-electron chi connectivity index (χ3n) is 3.43. The van der Waals surface area contributed by atoms with E-state index in [4.69, 9.17) is 4.74 Å². The summed E-state index contributed by atoms with van der Waals surface area (Å²) in [6.07, 6.45) is 1.36. The van der Waals surface area contributed by atoms with E-state index in [-0.39, 0.29) is 11.9 Å². The molecule has 1 aliphatic heterocycles. The zero-order valence-electron chi connectivity index (χ0n) is 10.7. The van der Waals surface area contributed by atoms with Crippen LogP contribution in [-0.2, 0) is 22.5 Å². The largest absolute Gasteiger partial charge is 0.469 e. The highest BCUT2D eigenvalue weighted by Crippen LogP contribution is 2.23. The van der Waals surface area contributed by atoms with Gasteiger partial charge in [-0.15, -0.1) is 0 Å². The van der Waals surface area contributed by atoms with E-state index in [0.717, 1.165) is 30.2 Å². The molecule has 1 unspecified atom stereocenters. The smallest absolute Gasteiger partial charge is 0.309 e. The van der Waals surface area contributed by atoms with E-state index in [1.807, 2.05) is 35.0 Å². The van der Waals surface area contributed by atoms with Gasteiger partial charge < -0.3 is 4.74 Å². The fourth-order valence-electron chi connectivity index (χ4n) is 2.38. The van der Waals surface area contributed by atoms with Crippen molar-refractivity contribution in [3.05, 3.63) is 36.2 Å². The maximum Gasteiger partial charge on any atom is 0.309 e. The lowest BCUT2D eigenvalue weighted by molar-refractivity contribution is -0.146. The summed E-state index contributed by atoms with van der Waals surface area (Å²) in [5.74, 6) is 1.34. The van der Waals surface area contributed by atoms with Crippen molar-refractivity contribution < 1.29 is 9.53 Å². The number of benzene rings is 1. The Hall–Kier alpha value is -2.17. The molecule has 19 heavy (non-hydrogen) atoms. The van der Waals surface area contributed by atoms with Crippen molar-refractivity contribution in [1.82, 2.24) is 14.8 Å². The van der Waals surface area contributed by atoms with E-state index in [2.05, 4.69) is 10.1 Å². The standard InChI is InChI=1S/C14H15N3O2/c1-19-14(18)11-7-8-17-12(9-11)15-13(16-17)10-5-3-2-4-6-10/h2-6,11H,7-9H2,1H3. The number of methoxy groups -OCH3 is 1. The first-order valence-corrected chi connectivity index (χ1v) is 6.35. The third-order valence-corrected chi connectivity index (χ3v) is 3.43. The fraction of sp³-hybridized carbons (Fsp3) is 0.357. The second-order valence-corrected chi connectivity index (χ2v) is 4.65. The number of nitrogens with zero attached hydrogens (tertiary/aromatic N) is 3. The molecule has 1 aromatic carbocycles. The number of ether oxygens (including phenoxy) is 1. The molecule has 0 bridgehead atoms. The Morgan fingerprint density at radius 1 is 1.37 bits per heavy atom. The number of hydrogen-bond acceptors (Lipinski definition) is 4. The van der Waals surface area contributed by atoms with E-state index in [1.165, 1.54) is 7.11 Å². The lowest BCUT2D eigenvalue weighted by Crippen LogP contribution is -2.27. The molecule has 1 aromatic heterocycles. The minimum Gasteiger partial charge on any atom is -0.469 e. The Kier molecular flexibility index (Phi) is 3.03. The number of carbonyl (C=O) groups is 1. The molecule has 3 rings (SSSR count). The van der Waals surface area contributed by atoms with E-state index >= 15 is 0 Å². The van der Waals surface area contributed by atoms with Crippen LogP contribution >= 0.6 is 0 Å². The van der Waals surface area contributed by atoms with E-state index in [0.29, 0.717) is 6.42 Å². The number of hydrogen-bond donors (Lipinski definition) is 0. The molecule has 0 spiro atoms. The number of rotatable bonds is 2. The van der Waals surface area contributed by atoms with Crippen LogP contribution in [-0.4, -0.2) is 27.8 Å². The highest BCUT2D eigenvalue weighted by atomic mass is 16.5. The topological polar surface area (TPSA) is 57.0 Å². The van der Waals surface area contributed by atoms with Crippen LogP contribution in [0, 0.1) is 5.92 Å². The maximum atomic E-state index is 11.6. The number of aryl methyl sites for hydroxylation is 1. The minimum atomic E-state index is -0.157. The summed E-state index contributed by atoms with van der Waals surface area (Å²) in [6.45, 7) is 0.717. The van der Waals surface area contributed by atoms with Crippen LogP contribution in [0.2, 0.25) is 0 Å². The maximum absolute atomic E-state index is 11.6. The van der Waals surface area contributed by atoms with Gasteiger partial charge in [0.05, 0.1) is 13.0 Å². The van der Waals surface area contributed by atoms with E-state index in [1.54, 1.807) is 0 Å². The van der Waals surface area contributed by atoms with Gasteiger partial charge >= 0.3 is 5.97 Å². The van der Waals surface area contributed by atoms with Crippen LogP contribution in [0.3, 0.4) is 0 Å². The van der Waals surface area contributed by atoms with E-state index < -0.39 is 0 Å². The van der Waals surface area contributed by atoms with Crippen LogP contribution < -0.4 is 0 Å². The van der Waals surface area contributed by atoms with Crippen molar-refractivity contribution in [2.75, 3.05) is 7.11 Å². The predicted molar refractivity (Wildman–Crippen MR) is 69.3 cm³/mol. The molecule has 0 amide bonds. The Bertz CT molecular complexity index is 592. The summed E-state index contributed by atoms with van der Waals surface area (Å²) in [4.78, 5) is 16.1. The monoisotopic (exact) mass is 257 g/mol. The van der Waals surface area contributed by atoms with Crippen LogP contribution in [0.5, 0.6) is 0 Å². The average Bonchev–Trinajstić information content (AvgIpc) is 2.90. The molecule has 2 heterocycles. The molecule has 5 heteroatoms. The van der Waals surface area contributed by atoms with Crippen molar-refractivity contribution in [2.45, 2.75) is 19.4 Å². The first-order chi connectivity index (χ1) is 9.28. The normalized spacial score (nSPS) is 17.8. The quantitative estimate of drug-likeness (QED) is 0.768. The number of fused-ring (bicyclic) bond motifs is 1. The molecule has 0 fully saturated rings. The van der Waals surface area contributed by atoms with Crippen LogP contribution in [0.1, 0.15) is 12.2 Å². The average molecular weight is 257 g/mol. The van der Waals surface area contributed by atoms with Gasteiger partial charge in [-0.3, -0.25) is 4.79 Å². The summed E-state index contributed by atoms with van der Waals surface area (Å²) in [7, 11) is 1.43. The zero-order valence-corrected chi connectivity index (χ0v) is 10.7. The van der Waals surface area contributed by atoms with Gasteiger partial charge in [-0.2, -0.15) is 5.10 Å². The molecule has 2 aromatic rings. The molecule has 98 valence electrons. The van der Waals surface area contributed by atoms with Crippen LogP contribution in [0.15, 0.2) is 30.3 Å². The van der Waals surface area contributed by atoms with Gasteiger partial charge in [-0.25, -0.2) is 9.67 Å². The van der Waals surface area contributed by atoms with Gasteiger partial charge in [0, 0.05) is 18.5 Å². The van der Waals surface area contributed by atoms with E-state index in [9.17, 15) is 4.79 Å². The second-order valence-electron chi connectivity index (χ2n) is 4.65. The summed E-state index contributed by atoms with van der Waals surface area (Å²) >= 11 is 0. The number of esters is 1. The van der Waals surface area contributed by atoms with Crippen molar-refractivity contribution >= 4 is 5.97 Å². The molecule has 0 N–H and O–H groups in total. The SMILES string of the molecule is COC(=O)C1CCn2nc(-c3ccccc3)nc2C1. The van der Waals surface area contributed by atoms with Crippen molar-refractivity contribution in [3.63, 3.8) is 0 Å². The molecular weight excluding hydrogens is 242 g/mol. The summed E-state index contributed by atoms with van der Waals surface area (Å²) in [5.41, 5.74) is 0.999. The predicted octanol–water partition coefficient (Wildman–Crippen LogP) is 1.68. The van der Waals surface area contributed by atoms with Crippen LogP contribution in [0.25, 0.3) is 11.4 Å². The number of carbonyl (C=O) groups excluding carboxylic acids is 1. The highest BCUT2D eigenvalue weighted by molar-refractivity contribution is 5.72.